The van der Waals surface area contributed by atoms with Crippen molar-refractivity contribution in [1.82, 2.24) is 29.1 Å². The number of benzene rings is 10. The highest BCUT2D eigenvalue weighted by Gasteiger charge is 2.32. The molecule has 8 nitrogen and oxygen atoms in total. The first-order valence-corrected chi connectivity index (χ1v) is 30.6. The topological polar surface area (TPSA) is 109 Å². The van der Waals surface area contributed by atoms with Crippen LogP contribution < -0.4 is 0 Å². The van der Waals surface area contributed by atoms with Gasteiger partial charge < -0.3 is 9.13 Å². The number of alkyl halides is 3. The van der Waals surface area contributed by atoms with Crippen molar-refractivity contribution in [3.8, 4) is 124 Å². The molecule has 0 spiro atoms. The predicted molar refractivity (Wildman–Crippen MR) is 370 cm³/mol. The molecule has 11 heteroatoms. The van der Waals surface area contributed by atoms with Crippen molar-refractivity contribution >= 4 is 43.6 Å². The third-order valence-electron chi connectivity index (χ3n) is 17.6. The second kappa shape index (κ2) is 23.2. The summed E-state index contributed by atoms with van der Waals surface area (Å²) in [6.07, 6.45) is 2.40. The fraction of sp³-hybridized carbons (Fsp3) is 0.0120. The quantitative estimate of drug-likeness (QED) is 0.128. The van der Waals surface area contributed by atoms with E-state index in [-0.39, 0.29) is 22.3 Å². The molecule has 0 unspecified atom stereocenters. The maximum atomic E-state index is 15.0. The van der Waals surface area contributed by atoms with Gasteiger partial charge in [-0.25, -0.2) is 0 Å². The Bertz CT molecular complexity index is 5470. The molecule has 442 valence electrons. The Labute approximate surface area is 538 Å². The molecule has 16 rings (SSSR count). The van der Waals surface area contributed by atoms with Gasteiger partial charge in [0.25, 0.3) is 0 Å². The van der Waals surface area contributed by atoms with E-state index in [1.165, 1.54) is 6.07 Å². The third-order valence-corrected chi connectivity index (χ3v) is 17.6. The van der Waals surface area contributed by atoms with Gasteiger partial charge in [-0.2, -0.15) is 23.7 Å². The van der Waals surface area contributed by atoms with E-state index in [9.17, 15) is 10.5 Å². The molecule has 0 saturated carbocycles. The molecule has 0 radical (unpaired) electrons. The molecular weight excluding hydrogens is 1170 g/mol. The summed E-state index contributed by atoms with van der Waals surface area (Å²) >= 11 is 0. The van der Waals surface area contributed by atoms with Crippen LogP contribution in [0.4, 0.5) is 13.2 Å². The molecule has 0 atom stereocenters. The maximum Gasteiger partial charge on any atom is 0.416 e. The van der Waals surface area contributed by atoms with E-state index >= 15 is 13.2 Å². The van der Waals surface area contributed by atoms with E-state index in [0.717, 1.165) is 145 Å². The van der Waals surface area contributed by atoms with Gasteiger partial charge in [0.15, 0.2) is 0 Å². The van der Waals surface area contributed by atoms with E-state index in [4.69, 9.17) is 19.9 Å². The molecule has 0 saturated heterocycles. The second-order valence-electron chi connectivity index (χ2n) is 23.1. The Balaban J connectivity index is 1.02. The molecule has 6 aromatic heterocycles. The minimum Gasteiger partial charge on any atom is -0.307 e. The van der Waals surface area contributed by atoms with Crippen molar-refractivity contribution in [2.75, 3.05) is 0 Å². The first-order chi connectivity index (χ1) is 46.2. The van der Waals surface area contributed by atoms with Crippen LogP contribution in [0.25, 0.3) is 156 Å². The van der Waals surface area contributed by atoms with Crippen LogP contribution in [-0.2, 0) is 6.18 Å². The molecule has 0 aliphatic heterocycles. The van der Waals surface area contributed by atoms with Gasteiger partial charge in [-0.15, -0.1) is 0 Å². The molecule has 0 aliphatic rings. The van der Waals surface area contributed by atoms with E-state index < -0.39 is 11.7 Å². The molecular formula is C83H49F3N8. The van der Waals surface area contributed by atoms with Gasteiger partial charge in [-0.3, -0.25) is 19.9 Å². The zero-order chi connectivity index (χ0) is 63.4. The fourth-order valence-electron chi connectivity index (χ4n) is 13.4. The largest absolute Gasteiger partial charge is 0.416 e. The van der Waals surface area contributed by atoms with Gasteiger partial charge in [0.05, 0.1) is 85.0 Å². The van der Waals surface area contributed by atoms with Gasteiger partial charge >= 0.3 is 6.18 Å². The lowest BCUT2D eigenvalue weighted by molar-refractivity contribution is -0.137. The second-order valence-corrected chi connectivity index (χ2v) is 23.1. The lowest BCUT2D eigenvalue weighted by Gasteiger charge is -2.20. The zero-order valence-corrected chi connectivity index (χ0v) is 50.0. The molecule has 0 fully saturated rings. The number of nitriles is 2. The van der Waals surface area contributed by atoms with Crippen molar-refractivity contribution < 1.29 is 13.2 Å². The number of hydrogen-bond acceptors (Lipinski definition) is 6. The van der Waals surface area contributed by atoms with Crippen molar-refractivity contribution in [1.29, 1.82) is 10.5 Å². The summed E-state index contributed by atoms with van der Waals surface area (Å²) in [6, 6.07) is 93.2. The Morgan fingerprint density at radius 1 is 0.287 bits per heavy atom. The molecule has 16 aromatic rings. The molecule has 94 heavy (non-hydrogen) atoms. The molecule has 0 aliphatic carbocycles. The lowest BCUT2D eigenvalue weighted by Crippen LogP contribution is -2.07. The van der Waals surface area contributed by atoms with Crippen LogP contribution in [0.15, 0.2) is 298 Å². The van der Waals surface area contributed by atoms with Gasteiger partial charge in [0.1, 0.15) is 0 Å². The lowest BCUT2D eigenvalue weighted by atomic mass is 9.94. The van der Waals surface area contributed by atoms with Crippen LogP contribution in [0.1, 0.15) is 16.7 Å². The molecule has 0 N–H and O–H groups in total. The third kappa shape index (κ3) is 9.89. The van der Waals surface area contributed by atoms with Crippen LogP contribution in [0.5, 0.6) is 0 Å². The summed E-state index contributed by atoms with van der Waals surface area (Å²) < 4.78 is 49.4. The smallest absolute Gasteiger partial charge is 0.307 e. The van der Waals surface area contributed by atoms with E-state index in [0.29, 0.717) is 11.4 Å². The standard InChI is InChI=1S/C83H49F3N8/c84-83(85,86)63-42-52(50-87)41-61(43-63)68-49-78(94-75-35-31-59(66-27-15-39-91-81(66)55-21-9-3-10-22-55)46-71(75)72-47-60(32-36-76(72)94)67-28-16-40-92-82(67)56-23-11-4-12-24-56)77(48-62(68)51-88)93-73-33-29-57(64-25-13-37-89-79(64)53-17-5-1-6-18-53)44-69(73)70-45-58(30-34-74(70)93)65-26-14-38-90-80(65)54-19-7-2-8-20-54/h1-49H. The normalized spacial score (nSPS) is 11.5. The number of rotatable bonds is 11. The van der Waals surface area contributed by atoms with E-state index in [2.05, 4.69) is 137 Å². The zero-order valence-electron chi connectivity index (χ0n) is 50.0. The number of fused-ring (bicyclic) bond motifs is 6. The number of nitrogens with zero attached hydrogens (tertiary/aromatic N) is 8. The van der Waals surface area contributed by atoms with Crippen LogP contribution in [-0.4, -0.2) is 29.1 Å². The van der Waals surface area contributed by atoms with Crippen LogP contribution >= 0.6 is 0 Å². The average molecular weight is 1220 g/mol. The summed E-state index contributed by atoms with van der Waals surface area (Å²) in [5.74, 6) is 0. The highest BCUT2D eigenvalue weighted by molar-refractivity contribution is 6.15. The highest BCUT2D eigenvalue weighted by atomic mass is 19.4. The van der Waals surface area contributed by atoms with E-state index in [1.807, 2.05) is 133 Å². The number of hydrogen-bond donors (Lipinski definition) is 0. The van der Waals surface area contributed by atoms with Gasteiger partial charge in [0, 0.05) is 96.4 Å². The van der Waals surface area contributed by atoms with E-state index in [1.54, 1.807) is 30.9 Å². The predicted octanol–water partition coefficient (Wildman–Crippen LogP) is 21.2. The minimum atomic E-state index is -4.81. The summed E-state index contributed by atoms with van der Waals surface area (Å²) in [4.78, 5) is 19.7. The Morgan fingerprint density at radius 3 is 0.926 bits per heavy atom. The van der Waals surface area contributed by atoms with Gasteiger partial charge in [0.2, 0.25) is 0 Å². The summed E-state index contributed by atoms with van der Waals surface area (Å²) in [5.41, 5.74) is 17.8. The summed E-state index contributed by atoms with van der Waals surface area (Å²) in [5, 5.41) is 25.4. The van der Waals surface area contributed by atoms with Crippen LogP contribution in [0.3, 0.4) is 0 Å². The molecule has 6 heterocycles. The summed E-state index contributed by atoms with van der Waals surface area (Å²) in [7, 11) is 0. The average Bonchev–Trinajstić information content (AvgIpc) is 1.54. The first kappa shape index (κ1) is 56.4. The molecule has 10 aromatic carbocycles. The Morgan fingerprint density at radius 2 is 0.617 bits per heavy atom. The molecule has 0 bridgehead atoms. The van der Waals surface area contributed by atoms with Gasteiger partial charge in [-0.1, -0.05) is 170 Å². The van der Waals surface area contributed by atoms with Gasteiger partial charge in [-0.05, 0) is 131 Å². The summed E-state index contributed by atoms with van der Waals surface area (Å²) in [6.45, 7) is 0. The van der Waals surface area contributed by atoms with Crippen molar-refractivity contribution in [3.63, 3.8) is 0 Å². The molecule has 0 amide bonds. The van der Waals surface area contributed by atoms with Crippen molar-refractivity contribution in [2.45, 2.75) is 6.18 Å². The number of pyridine rings is 4. The monoisotopic (exact) mass is 1210 g/mol. The Kier molecular flexibility index (Phi) is 13.9. The Hall–Kier alpha value is -12.8. The number of aromatic nitrogens is 6. The fourth-order valence-corrected chi connectivity index (χ4v) is 13.4. The first-order valence-electron chi connectivity index (χ1n) is 30.6. The maximum absolute atomic E-state index is 15.0. The van der Waals surface area contributed by atoms with Crippen LogP contribution in [0, 0.1) is 22.7 Å². The SMILES string of the molecule is N#Cc1cc(-c2cc(-n3c4ccc(-c5cccnc5-c5ccccc5)cc4c4cc(-c5cccnc5-c5ccccc5)ccc43)c(-n3c4ccc(-c5cccnc5-c5ccccc5)cc4c4cc(-c5cccnc5-c5ccccc5)ccc43)cc2C#N)cc(C(F)(F)F)c1. The number of halogens is 3. The van der Waals surface area contributed by atoms with Crippen molar-refractivity contribution in [2.24, 2.45) is 0 Å². The van der Waals surface area contributed by atoms with Crippen molar-refractivity contribution in [3.05, 3.63) is 314 Å². The minimum absolute atomic E-state index is 0.0593. The highest BCUT2D eigenvalue weighted by Crippen LogP contribution is 2.47. The van der Waals surface area contributed by atoms with Crippen LogP contribution in [0.2, 0.25) is 0 Å².